The van der Waals surface area contributed by atoms with Crippen molar-refractivity contribution < 1.29 is 23.9 Å². The first-order valence-corrected chi connectivity index (χ1v) is 10.5. The molecule has 0 N–H and O–H groups in total. The monoisotopic (exact) mass is 427 g/mol. The Morgan fingerprint density at radius 3 is 2.28 bits per heavy atom. The third-order valence-electron chi connectivity index (χ3n) is 5.78. The number of rotatable bonds is 4. The van der Waals surface area contributed by atoms with Crippen LogP contribution < -0.4 is 4.74 Å². The molecule has 0 unspecified atom stereocenters. The summed E-state index contributed by atoms with van der Waals surface area (Å²) in [5.74, 6) is 0.122. The van der Waals surface area contributed by atoms with Gasteiger partial charge in [-0.3, -0.25) is 14.4 Å². The highest BCUT2D eigenvalue weighted by atomic mass is 16.5. The van der Waals surface area contributed by atoms with Crippen LogP contribution in [0.15, 0.2) is 72.8 Å². The van der Waals surface area contributed by atoms with Gasteiger partial charge in [0.15, 0.2) is 11.6 Å². The van der Waals surface area contributed by atoms with Crippen molar-refractivity contribution in [3.8, 4) is 5.75 Å². The van der Waals surface area contributed by atoms with Crippen LogP contribution in [0.1, 0.15) is 42.2 Å². The smallest absolute Gasteiger partial charge is 0.254 e. The van der Waals surface area contributed by atoms with Crippen LogP contribution in [0.4, 0.5) is 0 Å². The average molecular weight is 427 g/mol. The first-order valence-electron chi connectivity index (χ1n) is 10.5. The molecule has 0 saturated carbocycles. The largest absolute Gasteiger partial charge is 0.491 e. The first-order chi connectivity index (χ1) is 15.6. The summed E-state index contributed by atoms with van der Waals surface area (Å²) in [6.07, 6.45) is -0.249. The summed E-state index contributed by atoms with van der Waals surface area (Å²) < 4.78 is 11.5. The van der Waals surface area contributed by atoms with Gasteiger partial charge in [-0.25, -0.2) is 0 Å². The van der Waals surface area contributed by atoms with Gasteiger partial charge in [0.2, 0.25) is 0 Å². The predicted octanol–water partition coefficient (Wildman–Crippen LogP) is 3.38. The summed E-state index contributed by atoms with van der Waals surface area (Å²) in [7, 11) is 0. The van der Waals surface area contributed by atoms with Gasteiger partial charge >= 0.3 is 0 Å². The zero-order valence-electron chi connectivity index (χ0n) is 17.3. The van der Waals surface area contributed by atoms with E-state index in [0.717, 1.165) is 5.75 Å². The molecule has 1 amide bonds. The molecule has 5 rings (SSSR count). The van der Waals surface area contributed by atoms with E-state index in [2.05, 4.69) is 0 Å². The zero-order valence-corrected chi connectivity index (χ0v) is 17.3. The molecule has 1 fully saturated rings. The fourth-order valence-electron chi connectivity index (χ4n) is 4.13. The minimum Gasteiger partial charge on any atom is -0.491 e. The number of morpholine rings is 1. The molecule has 1 saturated heterocycles. The molecule has 160 valence electrons. The maximum atomic E-state index is 13.2. The van der Waals surface area contributed by atoms with Gasteiger partial charge < -0.3 is 14.4 Å². The molecule has 1 atom stereocenters. The molecule has 32 heavy (non-hydrogen) atoms. The number of fused-ring (bicyclic) bond motifs is 2. The molecule has 3 aromatic carbocycles. The zero-order chi connectivity index (χ0) is 22.1. The molecule has 1 aliphatic heterocycles. The van der Waals surface area contributed by atoms with Crippen molar-refractivity contribution in [1.82, 2.24) is 4.90 Å². The lowest BCUT2D eigenvalue weighted by Crippen LogP contribution is -2.47. The van der Waals surface area contributed by atoms with Crippen LogP contribution in [0, 0.1) is 0 Å². The van der Waals surface area contributed by atoms with Crippen LogP contribution in [0.25, 0.3) is 0 Å². The number of benzene rings is 3. The van der Waals surface area contributed by atoms with Gasteiger partial charge in [-0.15, -0.1) is 0 Å². The number of hydrogen-bond donors (Lipinski definition) is 0. The lowest BCUT2D eigenvalue weighted by molar-refractivity contribution is -0.0401. The SMILES string of the molecule is O=C1c2ccccc2C(=O)c2cc(C(=O)N3CCO[C@H](COc4ccccc4)C3)ccc21. The number of nitrogens with zero attached hydrogens (tertiary/aromatic N) is 1. The molecular weight excluding hydrogens is 406 g/mol. The number of ether oxygens (including phenoxy) is 2. The summed E-state index contributed by atoms with van der Waals surface area (Å²) in [6, 6.07) is 21.0. The van der Waals surface area contributed by atoms with Crippen molar-refractivity contribution in [2.45, 2.75) is 6.10 Å². The van der Waals surface area contributed by atoms with Gasteiger partial charge in [0.25, 0.3) is 5.91 Å². The third kappa shape index (κ3) is 3.69. The van der Waals surface area contributed by atoms with Crippen molar-refractivity contribution in [1.29, 1.82) is 0 Å². The quantitative estimate of drug-likeness (QED) is 0.499. The van der Waals surface area contributed by atoms with Crippen LogP contribution >= 0.6 is 0 Å². The Balaban J connectivity index is 1.32. The van der Waals surface area contributed by atoms with Crippen molar-refractivity contribution in [3.05, 3.63) is 101 Å². The van der Waals surface area contributed by atoms with Crippen molar-refractivity contribution in [2.75, 3.05) is 26.3 Å². The second kappa shape index (κ2) is 8.40. The van der Waals surface area contributed by atoms with E-state index in [0.29, 0.717) is 48.6 Å². The van der Waals surface area contributed by atoms with E-state index in [1.54, 1.807) is 47.4 Å². The molecular formula is C26H21NO5. The van der Waals surface area contributed by atoms with Crippen molar-refractivity contribution >= 4 is 17.5 Å². The molecule has 1 aliphatic carbocycles. The fraction of sp³-hybridized carbons (Fsp3) is 0.192. The van der Waals surface area contributed by atoms with E-state index in [1.165, 1.54) is 0 Å². The molecule has 6 nitrogen and oxygen atoms in total. The molecule has 0 radical (unpaired) electrons. The number of para-hydroxylation sites is 1. The van der Waals surface area contributed by atoms with Gasteiger partial charge in [-0.1, -0.05) is 42.5 Å². The van der Waals surface area contributed by atoms with Crippen LogP contribution in [-0.2, 0) is 4.74 Å². The van der Waals surface area contributed by atoms with E-state index in [9.17, 15) is 14.4 Å². The van der Waals surface area contributed by atoms with Crippen LogP contribution in [0.3, 0.4) is 0 Å². The Morgan fingerprint density at radius 2 is 1.53 bits per heavy atom. The summed E-state index contributed by atoms with van der Waals surface area (Å²) in [6.45, 7) is 1.58. The topological polar surface area (TPSA) is 72.9 Å². The molecule has 0 aromatic heterocycles. The summed E-state index contributed by atoms with van der Waals surface area (Å²) in [5, 5.41) is 0. The highest BCUT2D eigenvalue weighted by molar-refractivity contribution is 6.28. The molecule has 1 heterocycles. The van der Waals surface area contributed by atoms with Crippen molar-refractivity contribution in [3.63, 3.8) is 0 Å². The lowest BCUT2D eigenvalue weighted by Gasteiger charge is -2.33. The Morgan fingerprint density at radius 1 is 0.875 bits per heavy atom. The summed E-state index contributed by atoms with van der Waals surface area (Å²) >= 11 is 0. The number of ketones is 2. The summed E-state index contributed by atoms with van der Waals surface area (Å²) in [4.78, 5) is 40.6. The maximum Gasteiger partial charge on any atom is 0.254 e. The predicted molar refractivity (Wildman–Crippen MR) is 117 cm³/mol. The highest BCUT2D eigenvalue weighted by Gasteiger charge is 2.31. The van der Waals surface area contributed by atoms with Gasteiger partial charge in [-0.05, 0) is 30.3 Å². The van der Waals surface area contributed by atoms with Gasteiger partial charge in [-0.2, -0.15) is 0 Å². The Bertz CT molecular complexity index is 1200. The molecule has 6 heteroatoms. The van der Waals surface area contributed by atoms with Crippen LogP contribution in [0.2, 0.25) is 0 Å². The number of carbonyl (C=O) groups excluding carboxylic acids is 3. The van der Waals surface area contributed by atoms with Gasteiger partial charge in [0.1, 0.15) is 18.5 Å². The van der Waals surface area contributed by atoms with Gasteiger partial charge in [0.05, 0.1) is 13.2 Å². The highest BCUT2D eigenvalue weighted by Crippen LogP contribution is 2.28. The van der Waals surface area contributed by atoms with Crippen molar-refractivity contribution in [2.24, 2.45) is 0 Å². The lowest BCUT2D eigenvalue weighted by atomic mass is 9.83. The molecule has 2 aliphatic rings. The second-order valence-electron chi connectivity index (χ2n) is 7.83. The number of amides is 1. The van der Waals surface area contributed by atoms with E-state index < -0.39 is 0 Å². The minimum atomic E-state index is -0.249. The normalized spacial score (nSPS) is 17.5. The van der Waals surface area contributed by atoms with E-state index in [4.69, 9.17) is 9.47 Å². The summed E-state index contributed by atoms with van der Waals surface area (Å²) in [5.41, 5.74) is 1.77. The number of hydrogen-bond acceptors (Lipinski definition) is 5. The Kier molecular flexibility index (Phi) is 5.29. The molecule has 3 aromatic rings. The van der Waals surface area contributed by atoms with Gasteiger partial charge in [0, 0.05) is 34.4 Å². The Hall–Kier alpha value is -3.77. The number of carbonyl (C=O) groups is 3. The fourth-order valence-corrected chi connectivity index (χ4v) is 4.13. The van der Waals surface area contributed by atoms with Crippen LogP contribution in [-0.4, -0.2) is 54.8 Å². The van der Waals surface area contributed by atoms with E-state index in [-0.39, 0.29) is 29.1 Å². The van der Waals surface area contributed by atoms with Crippen LogP contribution in [0.5, 0.6) is 5.75 Å². The first kappa shape index (κ1) is 20.2. The Labute approximate surface area is 185 Å². The standard InChI is InChI=1S/C26H21NO5/c28-24-20-8-4-5-9-21(20)25(29)23-14-17(10-11-22(23)24)26(30)27-12-13-31-19(15-27)16-32-18-6-2-1-3-7-18/h1-11,14,19H,12-13,15-16H2/t19-/m0/s1. The minimum absolute atomic E-state index is 0.195. The molecule has 0 bridgehead atoms. The van der Waals surface area contributed by atoms with E-state index >= 15 is 0 Å². The average Bonchev–Trinajstić information content (AvgIpc) is 2.86. The maximum absolute atomic E-state index is 13.2. The van der Waals surface area contributed by atoms with E-state index in [1.807, 2.05) is 30.3 Å². The second-order valence-corrected chi connectivity index (χ2v) is 7.83. The molecule has 0 spiro atoms. The third-order valence-corrected chi connectivity index (χ3v) is 5.78.